The lowest BCUT2D eigenvalue weighted by Crippen LogP contribution is -2.43. The SMILES string of the molecule is C[C@H](c1cccs1)N(C(=O)Cn1c(=O)oc2ccccc21)C1CCCC1. The number of rotatable bonds is 5. The Hall–Kier alpha value is -2.34. The number of benzene rings is 1. The summed E-state index contributed by atoms with van der Waals surface area (Å²) >= 11 is 1.67. The Kier molecular flexibility index (Phi) is 4.68. The minimum atomic E-state index is -0.477. The average Bonchev–Trinajstić information content (AvgIpc) is 3.37. The van der Waals surface area contributed by atoms with Crippen LogP contribution in [0.25, 0.3) is 11.1 Å². The zero-order valence-corrected chi connectivity index (χ0v) is 15.6. The fourth-order valence-corrected chi connectivity index (χ4v) is 4.75. The maximum atomic E-state index is 13.3. The molecule has 0 N–H and O–H groups in total. The molecule has 0 spiro atoms. The van der Waals surface area contributed by atoms with Gasteiger partial charge in [0.15, 0.2) is 5.58 Å². The molecule has 0 bridgehead atoms. The molecule has 2 aromatic heterocycles. The van der Waals surface area contributed by atoms with Gasteiger partial charge in [-0.15, -0.1) is 11.3 Å². The largest absolute Gasteiger partial charge is 0.420 e. The van der Waals surface area contributed by atoms with Gasteiger partial charge in [-0.25, -0.2) is 4.79 Å². The molecule has 3 aromatic rings. The van der Waals surface area contributed by atoms with Gasteiger partial charge in [0.1, 0.15) is 6.54 Å². The van der Waals surface area contributed by atoms with Crippen LogP contribution in [0.4, 0.5) is 0 Å². The molecule has 0 radical (unpaired) electrons. The van der Waals surface area contributed by atoms with Crippen molar-refractivity contribution in [1.29, 1.82) is 0 Å². The van der Waals surface area contributed by atoms with Crippen LogP contribution >= 0.6 is 11.3 Å². The molecule has 0 saturated heterocycles. The Morgan fingerprint density at radius 2 is 2.04 bits per heavy atom. The minimum Gasteiger partial charge on any atom is -0.408 e. The van der Waals surface area contributed by atoms with Crippen molar-refractivity contribution in [2.45, 2.75) is 51.2 Å². The number of carbonyl (C=O) groups excluding carboxylic acids is 1. The lowest BCUT2D eigenvalue weighted by molar-refractivity contribution is -0.136. The lowest BCUT2D eigenvalue weighted by atomic mass is 10.1. The summed E-state index contributed by atoms with van der Waals surface area (Å²) in [5.41, 5.74) is 1.19. The molecule has 1 aliphatic carbocycles. The van der Waals surface area contributed by atoms with Gasteiger partial charge in [-0.1, -0.05) is 31.0 Å². The highest BCUT2D eigenvalue weighted by molar-refractivity contribution is 7.10. The van der Waals surface area contributed by atoms with Crippen LogP contribution in [0.15, 0.2) is 51.0 Å². The van der Waals surface area contributed by atoms with Crippen LogP contribution in [0.2, 0.25) is 0 Å². The van der Waals surface area contributed by atoms with Crippen LogP contribution in [0.3, 0.4) is 0 Å². The molecular weight excluding hydrogens is 348 g/mol. The monoisotopic (exact) mass is 370 g/mol. The molecule has 1 atom stereocenters. The van der Waals surface area contributed by atoms with Gasteiger partial charge in [0, 0.05) is 10.9 Å². The van der Waals surface area contributed by atoms with E-state index in [9.17, 15) is 9.59 Å². The van der Waals surface area contributed by atoms with E-state index in [0.29, 0.717) is 11.1 Å². The first-order chi connectivity index (χ1) is 12.6. The summed E-state index contributed by atoms with van der Waals surface area (Å²) in [6, 6.07) is 11.6. The normalized spacial score (nSPS) is 16.2. The second-order valence-electron chi connectivity index (χ2n) is 6.85. The van der Waals surface area contributed by atoms with Gasteiger partial charge in [-0.3, -0.25) is 9.36 Å². The molecule has 0 unspecified atom stereocenters. The number of hydrogen-bond acceptors (Lipinski definition) is 4. The third-order valence-electron chi connectivity index (χ3n) is 5.25. The van der Waals surface area contributed by atoms with Crippen LogP contribution in [-0.4, -0.2) is 21.4 Å². The first-order valence-electron chi connectivity index (χ1n) is 9.08. The Bertz CT molecular complexity index is 951. The van der Waals surface area contributed by atoms with Gasteiger partial charge >= 0.3 is 5.76 Å². The van der Waals surface area contributed by atoms with Crippen molar-refractivity contribution in [3.63, 3.8) is 0 Å². The molecule has 5 nitrogen and oxygen atoms in total. The first-order valence-corrected chi connectivity index (χ1v) is 9.96. The number of thiophene rings is 1. The Morgan fingerprint density at radius 1 is 1.27 bits per heavy atom. The van der Waals surface area contributed by atoms with E-state index in [4.69, 9.17) is 4.42 Å². The predicted octanol–water partition coefficient (Wildman–Crippen LogP) is 4.19. The second-order valence-corrected chi connectivity index (χ2v) is 7.83. The van der Waals surface area contributed by atoms with Gasteiger partial charge in [0.2, 0.25) is 5.91 Å². The molecular formula is C20H22N2O3S. The molecule has 1 fully saturated rings. The Balaban J connectivity index is 1.65. The lowest BCUT2D eigenvalue weighted by Gasteiger charge is -2.34. The standard InChI is InChI=1S/C20H22N2O3S/c1-14(18-11-6-12-26-18)22(15-7-2-3-8-15)19(23)13-21-16-9-4-5-10-17(16)25-20(21)24/h4-6,9-12,14-15H,2-3,7-8,13H2,1H3/t14-/m1/s1. The molecule has 0 aliphatic heterocycles. The zero-order chi connectivity index (χ0) is 18.1. The third kappa shape index (κ3) is 3.09. The molecule has 136 valence electrons. The molecule has 1 aliphatic rings. The summed E-state index contributed by atoms with van der Waals surface area (Å²) in [4.78, 5) is 28.7. The summed E-state index contributed by atoms with van der Waals surface area (Å²) in [7, 11) is 0. The maximum absolute atomic E-state index is 13.3. The number of fused-ring (bicyclic) bond motifs is 1. The molecule has 4 rings (SSSR count). The topological polar surface area (TPSA) is 55.5 Å². The number of carbonyl (C=O) groups is 1. The zero-order valence-electron chi connectivity index (χ0n) is 14.8. The molecule has 2 heterocycles. The molecule has 1 aromatic carbocycles. The van der Waals surface area contributed by atoms with E-state index >= 15 is 0 Å². The molecule has 1 amide bonds. The maximum Gasteiger partial charge on any atom is 0.420 e. The second kappa shape index (κ2) is 7.11. The fourth-order valence-electron chi connectivity index (χ4n) is 3.96. The highest BCUT2D eigenvalue weighted by Gasteiger charge is 2.32. The number of hydrogen-bond donors (Lipinski definition) is 0. The van der Waals surface area contributed by atoms with Crippen molar-refractivity contribution in [1.82, 2.24) is 9.47 Å². The van der Waals surface area contributed by atoms with Crippen LogP contribution in [0, 0.1) is 0 Å². The number of nitrogens with zero attached hydrogens (tertiary/aromatic N) is 2. The van der Waals surface area contributed by atoms with E-state index in [2.05, 4.69) is 13.0 Å². The van der Waals surface area contributed by atoms with Gasteiger partial charge in [0.25, 0.3) is 0 Å². The number of aromatic nitrogens is 1. The van der Waals surface area contributed by atoms with Gasteiger partial charge in [-0.2, -0.15) is 0 Å². The highest BCUT2D eigenvalue weighted by atomic mass is 32.1. The summed E-state index contributed by atoms with van der Waals surface area (Å²) in [5, 5.41) is 2.04. The average molecular weight is 370 g/mol. The van der Waals surface area contributed by atoms with Crippen molar-refractivity contribution < 1.29 is 9.21 Å². The van der Waals surface area contributed by atoms with E-state index in [1.54, 1.807) is 17.4 Å². The van der Waals surface area contributed by atoms with Gasteiger partial charge in [-0.05, 0) is 43.3 Å². The first kappa shape index (κ1) is 17.1. The number of amides is 1. The van der Waals surface area contributed by atoms with E-state index in [1.165, 1.54) is 9.44 Å². The molecule has 26 heavy (non-hydrogen) atoms. The number of para-hydroxylation sites is 2. The van der Waals surface area contributed by atoms with Crippen molar-refractivity contribution in [2.75, 3.05) is 0 Å². The van der Waals surface area contributed by atoms with Crippen molar-refractivity contribution in [3.8, 4) is 0 Å². The Morgan fingerprint density at radius 3 is 2.77 bits per heavy atom. The van der Waals surface area contributed by atoms with Crippen molar-refractivity contribution in [3.05, 3.63) is 57.2 Å². The van der Waals surface area contributed by atoms with Crippen molar-refractivity contribution >= 4 is 28.3 Å². The van der Waals surface area contributed by atoms with E-state index in [-0.39, 0.29) is 24.5 Å². The van der Waals surface area contributed by atoms with E-state index in [1.807, 2.05) is 34.5 Å². The molecule has 6 heteroatoms. The Labute approximate surface area is 155 Å². The van der Waals surface area contributed by atoms with Crippen LogP contribution < -0.4 is 5.76 Å². The summed E-state index contributed by atoms with van der Waals surface area (Å²) < 4.78 is 6.72. The quantitative estimate of drug-likeness (QED) is 0.677. The minimum absolute atomic E-state index is 0.0134. The molecule has 1 saturated carbocycles. The summed E-state index contributed by atoms with van der Waals surface area (Å²) in [5.74, 6) is -0.499. The van der Waals surface area contributed by atoms with Crippen molar-refractivity contribution in [2.24, 2.45) is 0 Å². The predicted molar refractivity (Wildman–Crippen MR) is 102 cm³/mol. The van der Waals surface area contributed by atoms with Crippen LogP contribution in [-0.2, 0) is 11.3 Å². The van der Waals surface area contributed by atoms with Gasteiger partial charge in [0.05, 0.1) is 11.6 Å². The smallest absolute Gasteiger partial charge is 0.408 e. The third-order valence-corrected chi connectivity index (χ3v) is 6.29. The summed E-state index contributed by atoms with van der Waals surface area (Å²) in [6.07, 6.45) is 4.37. The highest BCUT2D eigenvalue weighted by Crippen LogP contribution is 2.33. The van der Waals surface area contributed by atoms with Crippen LogP contribution in [0.5, 0.6) is 0 Å². The van der Waals surface area contributed by atoms with E-state index in [0.717, 1.165) is 25.7 Å². The van der Waals surface area contributed by atoms with Crippen LogP contribution in [0.1, 0.15) is 43.5 Å². The van der Waals surface area contributed by atoms with E-state index < -0.39 is 5.76 Å². The van der Waals surface area contributed by atoms with Gasteiger partial charge < -0.3 is 9.32 Å². The summed E-state index contributed by atoms with van der Waals surface area (Å²) in [6.45, 7) is 2.10. The fraction of sp³-hybridized carbons (Fsp3) is 0.400. The number of oxazole rings is 1.